The van der Waals surface area contributed by atoms with Gasteiger partial charge in [-0.1, -0.05) is 48.5 Å². The van der Waals surface area contributed by atoms with E-state index in [1.54, 1.807) is 6.07 Å². The third kappa shape index (κ3) is 3.14. The number of benzene rings is 1. The summed E-state index contributed by atoms with van der Waals surface area (Å²) in [4.78, 5) is 15.0. The Hall–Kier alpha value is -0.730. The molecule has 4 heteroatoms. The lowest BCUT2D eigenvalue weighted by Crippen LogP contribution is -2.49. The summed E-state index contributed by atoms with van der Waals surface area (Å²) in [5.41, 5.74) is 1.11. The summed E-state index contributed by atoms with van der Waals surface area (Å²) >= 11 is 12.2. The van der Waals surface area contributed by atoms with E-state index in [1.165, 1.54) is 19.3 Å². The molecular formula is C18H23Cl2NO. The van der Waals surface area contributed by atoms with Gasteiger partial charge in [-0.25, -0.2) is 0 Å². The van der Waals surface area contributed by atoms with Gasteiger partial charge in [0.05, 0.1) is 0 Å². The monoisotopic (exact) mass is 339 g/mol. The summed E-state index contributed by atoms with van der Waals surface area (Å²) in [6.07, 6.45) is 7.75. The molecule has 1 amide bonds. The van der Waals surface area contributed by atoms with Crippen LogP contribution in [0.15, 0.2) is 18.2 Å². The fourth-order valence-electron chi connectivity index (χ4n) is 4.00. The van der Waals surface area contributed by atoms with Gasteiger partial charge in [0, 0.05) is 28.0 Å². The Labute approximate surface area is 142 Å². The van der Waals surface area contributed by atoms with Crippen molar-refractivity contribution in [1.82, 2.24) is 4.90 Å². The maximum absolute atomic E-state index is 12.8. The second-order valence-electron chi connectivity index (χ2n) is 6.97. The van der Waals surface area contributed by atoms with Crippen LogP contribution in [-0.2, 0) is 11.2 Å². The minimum Gasteiger partial charge on any atom is -0.337 e. The minimum atomic E-state index is 0.0671. The van der Waals surface area contributed by atoms with Gasteiger partial charge in [-0.05, 0) is 50.3 Å². The predicted octanol–water partition coefficient (Wildman–Crippen LogP) is 5.11. The van der Waals surface area contributed by atoms with Gasteiger partial charge in [0.1, 0.15) is 0 Å². The summed E-state index contributed by atoms with van der Waals surface area (Å²) in [5.74, 6) is 0.382. The average Bonchev–Trinajstić information content (AvgIpc) is 2.85. The van der Waals surface area contributed by atoms with Crippen molar-refractivity contribution in [3.8, 4) is 0 Å². The largest absolute Gasteiger partial charge is 0.337 e. The number of likely N-dealkylation sites (tertiary alicyclic amines) is 1. The number of amides is 1. The molecule has 2 aliphatic rings. The molecule has 1 atom stereocenters. The summed E-state index contributed by atoms with van der Waals surface area (Å²) in [5, 5.41) is 1.31. The number of halogens is 2. The molecule has 0 N–H and O–H groups in total. The Kier molecular flexibility index (Phi) is 4.70. The molecule has 120 valence electrons. The maximum Gasteiger partial charge on any atom is 0.226 e. The second-order valence-corrected chi connectivity index (χ2v) is 7.82. The van der Waals surface area contributed by atoms with Crippen molar-refractivity contribution < 1.29 is 4.79 Å². The van der Waals surface area contributed by atoms with E-state index >= 15 is 0 Å². The van der Waals surface area contributed by atoms with Gasteiger partial charge in [-0.2, -0.15) is 0 Å². The first kappa shape index (κ1) is 16.1. The third-order valence-corrected chi connectivity index (χ3v) is 5.97. The van der Waals surface area contributed by atoms with Crippen LogP contribution < -0.4 is 0 Å². The molecule has 1 saturated carbocycles. The summed E-state index contributed by atoms with van der Waals surface area (Å²) in [7, 11) is 0. The van der Waals surface area contributed by atoms with E-state index < -0.39 is 0 Å². The lowest BCUT2D eigenvalue weighted by molar-refractivity contribution is -0.137. The molecular weight excluding hydrogens is 317 g/mol. The van der Waals surface area contributed by atoms with E-state index in [0.29, 0.717) is 16.0 Å². The smallest absolute Gasteiger partial charge is 0.226 e. The van der Waals surface area contributed by atoms with Crippen LogP contribution in [0.25, 0.3) is 0 Å². The molecule has 22 heavy (non-hydrogen) atoms. The highest BCUT2D eigenvalue weighted by Gasteiger charge is 2.42. The molecule has 1 unspecified atom stereocenters. The van der Waals surface area contributed by atoms with Crippen LogP contribution in [0.2, 0.25) is 10.0 Å². The topological polar surface area (TPSA) is 20.3 Å². The lowest BCUT2D eigenvalue weighted by atomic mass is 9.82. The zero-order valence-electron chi connectivity index (χ0n) is 13.1. The van der Waals surface area contributed by atoms with Crippen LogP contribution in [0, 0.1) is 5.92 Å². The Balaban J connectivity index is 1.71. The number of hydrogen-bond donors (Lipinski definition) is 0. The van der Waals surface area contributed by atoms with E-state index in [-0.39, 0.29) is 11.5 Å². The number of carbonyl (C=O) groups excluding carboxylic acids is 1. The molecule has 1 heterocycles. The number of nitrogens with zero attached hydrogens (tertiary/aromatic N) is 1. The lowest BCUT2D eigenvalue weighted by Gasteiger charge is -2.42. The van der Waals surface area contributed by atoms with Crippen molar-refractivity contribution >= 4 is 29.1 Å². The van der Waals surface area contributed by atoms with Crippen LogP contribution in [0.4, 0.5) is 0 Å². The van der Waals surface area contributed by atoms with Crippen LogP contribution in [0.1, 0.15) is 51.0 Å². The van der Waals surface area contributed by atoms with Crippen LogP contribution >= 0.6 is 23.2 Å². The van der Waals surface area contributed by atoms with Crippen LogP contribution in [0.5, 0.6) is 0 Å². The second kappa shape index (κ2) is 6.41. The first-order valence-electron chi connectivity index (χ1n) is 8.25. The fourth-order valence-corrected chi connectivity index (χ4v) is 4.49. The molecule has 0 aromatic heterocycles. The van der Waals surface area contributed by atoms with Crippen LogP contribution in [0.3, 0.4) is 0 Å². The van der Waals surface area contributed by atoms with Gasteiger partial charge in [-0.15, -0.1) is 0 Å². The molecule has 1 saturated heterocycles. The molecule has 2 nitrogen and oxygen atoms in total. The quantitative estimate of drug-likeness (QED) is 0.749. The van der Waals surface area contributed by atoms with Gasteiger partial charge in [-0.3, -0.25) is 4.79 Å². The summed E-state index contributed by atoms with van der Waals surface area (Å²) in [6, 6.07) is 5.56. The first-order chi connectivity index (χ1) is 10.5. The van der Waals surface area contributed by atoms with Crippen molar-refractivity contribution in [3.63, 3.8) is 0 Å². The predicted molar refractivity (Wildman–Crippen MR) is 91.5 cm³/mol. The van der Waals surface area contributed by atoms with E-state index in [0.717, 1.165) is 37.8 Å². The van der Waals surface area contributed by atoms with Crippen molar-refractivity contribution in [2.75, 3.05) is 6.54 Å². The Bertz CT molecular complexity index is 566. The van der Waals surface area contributed by atoms with Gasteiger partial charge in [0.25, 0.3) is 0 Å². The molecule has 1 aliphatic heterocycles. The zero-order chi connectivity index (χ0) is 15.7. The van der Waals surface area contributed by atoms with Gasteiger partial charge >= 0.3 is 0 Å². The minimum absolute atomic E-state index is 0.0671. The Morgan fingerprint density at radius 3 is 2.64 bits per heavy atom. The van der Waals surface area contributed by atoms with Crippen molar-refractivity contribution in [2.24, 2.45) is 5.92 Å². The molecule has 3 rings (SSSR count). The van der Waals surface area contributed by atoms with Crippen LogP contribution in [-0.4, -0.2) is 22.9 Å². The molecule has 2 fully saturated rings. The van der Waals surface area contributed by atoms with Crippen molar-refractivity contribution in [1.29, 1.82) is 0 Å². The Morgan fingerprint density at radius 1 is 1.23 bits per heavy atom. The highest BCUT2D eigenvalue weighted by molar-refractivity contribution is 6.35. The van der Waals surface area contributed by atoms with E-state index in [4.69, 9.17) is 23.2 Å². The molecule has 1 aromatic carbocycles. The molecule has 1 aliphatic carbocycles. The molecule has 1 aromatic rings. The SMILES string of the molecule is CC1(N2CCC(Cc3ccc(Cl)cc3Cl)C2=O)CCCCC1. The highest BCUT2D eigenvalue weighted by Crippen LogP contribution is 2.38. The summed E-state index contributed by atoms with van der Waals surface area (Å²) in [6.45, 7) is 3.16. The number of rotatable bonds is 3. The van der Waals surface area contributed by atoms with Crippen molar-refractivity contribution in [2.45, 2.75) is 57.4 Å². The molecule has 0 bridgehead atoms. The maximum atomic E-state index is 12.8. The highest BCUT2D eigenvalue weighted by atomic mass is 35.5. The number of hydrogen-bond acceptors (Lipinski definition) is 1. The molecule has 0 spiro atoms. The first-order valence-corrected chi connectivity index (χ1v) is 9.01. The third-order valence-electron chi connectivity index (χ3n) is 5.38. The van der Waals surface area contributed by atoms with E-state index in [9.17, 15) is 4.79 Å². The fraction of sp³-hybridized carbons (Fsp3) is 0.611. The van der Waals surface area contributed by atoms with Gasteiger partial charge in [0.2, 0.25) is 5.91 Å². The number of carbonyl (C=O) groups is 1. The van der Waals surface area contributed by atoms with E-state index in [1.807, 2.05) is 12.1 Å². The summed E-state index contributed by atoms with van der Waals surface area (Å²) < 4.78 is 0. The normalized spacial score (nSPS) is 24.8. The van der Waals surface area contributed by atoms with Gasteiger partial charge in [0.15, 0.2) is 0 Å². The standard InChI is InChI=1S/C18H23Cl2NO/c1-18(8-3-2-4-9-18)21-10-7-14(17(21)22)11-13-5-6-15(19)12-16(13)20/h5-6,12,14H,2-4,7-11H2,1H3. The van der Waals surface area contributed by atoms with Crippen molar-refractivity contribution in [3.05, 3.63) is 33.8 Å². The average molecular weight is 340 g/mol. The van der Waals surface area contributed by atoms with E-state index in [2.05, 4.69) is 11.8 Å². The zero-order valence-corrected chi connectivity index (χ0v) is 14.6. The molecule has 0 radical (unpaired) electrons. The Morgan fingerprint density at radius 2 is 1.95 bits per heavy atom. The van der Waals surface area contributed by atoms with Gasteiger partial charge < -0.3 is 4.90 Å².